The Morgan fingerprint density at radius 1 is 1.25 bits per heavy atom. The molecule has 128 valence electrons. The number of fused-ring (bicyclic) bond motifs is 1. The van der Waals surface area contributed by atoms with Crippen LogP contribution in [0.15, 0.2) is 18.2 Å². The summed E-state index contributed by atoms with van der Waals surface area (Å²) in [5, 5.41) is 7.69. The van der Waals surface area contributed by atoms with E-state index in [1.807, 2.05) is 12.1 Å². The fraction of sp³-hybridized carbons (Fsp3) is 0.579. The summed E-state index contributed by atoms with van der Waals surface area (Å²) in [6, 6.07) is 6.58. The van der Waals surface area contributed by atoms with E-state index >= 15 is 0 Å². The number of benzene rings is 1. The summed E-state index contributed by atoms with van der Waals surface area (Å²) in [7, 11) is 0. The van der Waals surface area contributed by atoms with Crippen LogP contribution in [0.4, 0.5) is 5.69 Å². The summed E-state index contributed by atoms with van der Waals surface area (Å²) >= 11 is 1.74. The Hall–Kier alpha value is -1.62. The molecule has 2 saturated carbocycles. The second-order valence-corrected chi connectivity index (χ2v) is 8.57. The summed E-state index contributed by atoms with van der Waals surface area (Å²) in [5.74, 6) is 2.05. The molecule has 2 aliphatic carbocycles. The van der Waals surface area contributed by atoms with Crippen molar-refractivity contribution in [3.05, 3.63) is 23.2 Å². The molecule has 0 saturated heterocycles. The normalized spacial score (nSPS) is 17.7. The number of hydrogen-bond donors (Lipinski definition) is 2. The maximum atomic E-state index is 12.3. The second-order valence-electron chi connectivity index (χ2n) is 7.51. The Morgan fingerprint density at radius 2 is 1.96 bits per heavy atom. The van der Waals surface area contributed by atoms with Crippen LogP contribution in [0.2, 0.25) is 0 Å². The molecule has 1 aromatic heterocycles. The molecule has 5 heteroatoms. The maximum Gasteiger partial charge on any atom is 0.239 e. The summed E-state index contributed by atoms with van der Waals surface area (Å²) in [5.41, 5.74) is 2.03. The molecule has 2 aliphatic rings. The van der Waals surface area contributed by atoms with Gasteiger partial charge in [-0.2, -0.15) is 0 Å². The van der Waals surface area contributed by atoms with Crippen LogP contribution in [0.25, 0.3) is 10.2 Å². The van der Waals surface area contributed by atoms with Gasteiger partial charge in [0.15, 0.2) is 0 Å². The standard InChI is InChI=1S/C19H25N3OS/c1-11(2)19-21-15-8-7-14(9-16(15)24-19)20-10-17(23)22-18(12-3-4-12)13-5-6-13/h7-9,11-13,18,20H,3-6,10H2,1-2H3,(H,22,23). The van der Waals surface area contributed by atoms with Gasteiger partial charge in [-0.05, 0) is 55.7 Å². The van der Waals surface area contributed by atoms with Crippen molar-refractivity contribution in [2.24, 2.45) is 11.8 Å². The van der Waals surface area contributed by atoms with Gasteiger partial charge < -0.3 is 10.6 Å². The van der Waals surface area contributed by atoms with Crippen molar-refractivity contribution in [3.63, 3.8) is 0 Å². The van der Waals surface area contributed by atoms with E-state index in [4.69, 9.17) is 0 Å². The Kier molecular flexibility index (Phi) is 4.21. The van der Waals surface area contributed by atoms with Crippen LogP contribution in [0.1, 0.15) is 50.5 Å². The molecule has 0 aliphatic heterocycles. The van der Waals surface area contributed by atoms with E-state index in [1.54, 1.807) is 11.3 Å². The average Bonchev–Trinajstić information content (AvgIpc) is 3.47. The van der Waals surface area contributed by atoms with Crippen molar-refractivity contribution in [2.45, 2.75) is 51.5 Å². The Labute approximate surface area is 147 Å². The Bertz CT molecular complexity index is 734. The van der Waals surface area contributed by atoms with Gasteiger partial charge in [0.25, 0.3) is 0 Å². The van der Waals surface area contributed by atoms with Crippen LogP contribution in [0.5, 0.6) is 0 Å². The van der Waals surface area contributed by atoms with Gasteiger partial charge in [-0.15, -0.1) is 11.3 Å². The number of rotatable bonds is 7. The fourth-order valence-corrected chi connectivity index (χ4v) is 4.26. The average molecular weight is 343 g/mol. The third-order valence-corrected chi connectivity index (χ3v) is 6.26. The van der Waals surface area contributed by atoms with Gasteiger partial charge in [0.1, 0.15) is 0 Å². The predicted molar refractivity (Wildman–Crippen MR) is 99.6 cm³/mol. The van der Waals surface area contributed by atoms with E-state index in [0.29, 0.717) is 18.5 Å². The van der Waals surface area contributed by atoms with Gasteiger partial charge in [-0.25, -0.2) is 4.98 Å². The van der Waals surface area contributed by atoms with Gasteiger partial charge >= 0.3 is 0 Å². The molecule has 24 heavy (non-hydrogen) atoms. The van der Waals surface area contributed by atoms with Gasteiger partial charge in [0.2, 0.25) is 5.91 Å². The van der Waals surface area contributed by atoms with E-state index in [0.717, 1.165) is 28.0 Å². The van der Waals surface area contributed by atoms with Crippen molar-refractivity contribution < 1.29 is 4.79 Å². The maximum absolute atomic E-state index is 12.3. The lowest BCUT2D eigenvalue weighted by Crippen LogP contribution is -2.41. The molecule has 1 aromatic carbocycles. The molecular formula is C19H25N3OS. The number of nitrogens with one attached hydrogen (secondary N) is 2. The van der Waals surface area contributed by atoms with Crippen LogP contribution >= 0.6 is 11.3 Å². The SMILES string of the molecule is CC(C)c1nc2ccc(NCC(=O)NC(C3CC3)C3CC3)cc2s1. The van der Waals surface area contributed by atoms with Gasteiger partial charge in [-0.3, -0.25) is 4.79 Å². The van der Waals surface area contributed by atoms with Gasteiger partial charge in [0, 0.05) is 17.6 Å². The summed E-state index contributed by atoms with van der Waals surface area (Å²) in [6.45, 7) is 4.67. The van der Waals surface area contributed by atoms with Crippen LogP contribution in [-0.4, -0.2) is 23.5 Å². The molecule has 0 radical (unpaired) electrons. The summed E-state index contributed by atoms with van der Waals surface area (Å²) in [6.07, 6.45) is 5.15. The van der Waals surface area contributed by atoms with Gasteiger partial charge in [-0.1, -0.05) is 13.8 Å². The van der Waals surface area contributed by atoms with Crippen LogP contribution < -0.4 is 10.6 Å². The van der Waals surface area contributed by atoms with Crippen LogP contribution in [0, 0.1) is 11.8 Å². The minimum absolute atomic E-state index is 0.117. The highest BCUT2D eigenvalue weighted by Gasteiger charge is 2.42. The molecule has 0 unspecified atom stereocenters. The van der Waals surface area contributed by atoms with Crippen molar-refractivity contribution in [1.29, 1.82) is 0 Å². The highest BCUT2D eigenvalue weighted by molar-refractivity contribution is 7.18. The first kappa shape index (κ1) is 15.9. The van der Waals surface area contributed by atoms with Crippen molar-refractivity contribution >= 4 is 33.1 Å². The number of thiazole rings is 1. The molecule has 1 heterocycles. The third kappa shape index (κ3) is 3.56. The van der Waals surface area contributed by atoms with E-state index < -0.39 is 0 Å². The van der Waals surface area contributed by atoms with Crippen LogP contribution in [-0.2, 0) is 4.79 Å². The lowest BCUT2D eigenvalue weighted by atomic mass is 10.1. The zero-order valence-corrected chi connectivity index (χ0v) is 15.2. The summed E-state index contributed by atoms with van der Waals surface area (Å²) < 4.78 is 1.18. The Morgan fingerprint density at radius 3 is 2.58 bits per heavy atom. The van der Waals surface area contributed by atoms with Gasteiger partial charge in [0.05, 0.1) is 21.8 Å². The van der Waals surface area contributed by atoms with Crippen LogP contribution in [0.3, 0.4) is 0 Å². The monoisotopic (exact) mass is 343 g/mol. The zero-order chi connectivity index (χ0) is 16.7. The molecule has 2 fully saturated rings. The molecule has 1 amide bonds. The largest absolute Gasteiger partial charge is 0.376 e. The number of anilines is 1. The molecule has 2 N–H and O–H groups in total. The molecule has 4 rings (SSSR count). The van der Waals surface area contributed by atoms with E-state index in [-0.39, 0.29) is 5.91 Å². The number of carbonyl (C=O) groups excluding carboxylic acids is 1. The summed E-state index contributed by atoms with van der Waals surface area (Å²) in [4.78, 5) is 16.9. The zero-order valence-electron chi connectivity index (χ0n) is 14.3. The Balaban J connectivity index is 1.36. The smallest absolute Gasteiger partial charge is 0.239 e. The lowest BCUT2D eigenvalue weighted by Gasteiger charge is -2.18. The molecular weight excluding hydrogens is 318 g/mol. The third-order valence-electron chi connectivity index (χ3n) is 4.94. The first-order chi connectivity index (χ1) is 11.6. The second kappa shape index (κ2) is 6.36. The first-order valence-corrected chi connectivity index (χ1v) is 9.85. The quantitative estimate of drug-likeness (QED) is 0.794. The van der Waals surface area contributed by atoms with Crippen molar-refractivity contribution in [3.8, 4) is 0 Å². The number of carbonyl (C=O) groups is 1. The molecule has 0 atom stereocenters. The fourth-order valence-electron chi connectivity index (χ4n) is 3.25. The number of nitrogens with zero attached hydrogens (tertiary/aromatic N) is 1. The lowest BCUT2D eigenvalue weighted by molar-refractivity contribution is -0.120. The minimum atomic E-state index is 0.117. The van der Waals surface area contributed by atoms with Crippen molar-refractivity contribution in [1.82, 2.24) is 10.3 Å². The van der Waals surface area contributed by atoms with Crippen molar-refractivity contribution in [2.75, 3.05) is 11.9 Å². The minimum Gasteiger partial charge on any atom is -0.376 e. The molecule has 0 bridgehead atoms. The molecule has 2 aromatic rings. The highest BCUT2D eigenvalue weighted by atomic mass is 32.1. The highest BCUT2D eigenvalue weighted by Crippen LogP contribution is 2.44. The number of aromatic nitrogens is 1. The molecule has 0 spiro atoms. The molecule has 4 nitrogen and oxygen atoms in total. The number of hydrogen-bond acceptors (Lipinski definition) is 4. The topological polar surface area (TPSA) is 54.0 Å². The first-order valence-electron chi connectivity index (χ1n) is 9.04. The number of amides is 1. The van der Waals surface area contributed by atoms with E-state index in [2.05, 4.69) is 35.5 Å². The van der Waals surface area contributed by atoms with E-state index in [9.17, 15) is 4.79 Å². The predicted octanol–water partition coefficient (Wildman–Crippen LogP) is 4.14. The van der Waals surface area contributed by atoms with E-state index in [1.165, 1.54) is 30.4 Å².